The highest BCUT2D eigenvalue weighted by Gasteiger charge is 2.66. The summed E-state index contributed by atoms with van der Waals surface area (Å²) in [7, 11) is 0.400. The van der Waals surface area contributed by atoms with Crippen LogP contribution in [0.1, 0.15) is 61.3 Å². The van der Waals surface area contributed by atoms with Gasteiger partial charge in [-0.1, -0.05) is 79.8 Å². The Bertz CT molecular complexity index is 2300. The van der Waals surface area contributed by atoms with Gasteiger partial charge in [0.15, 0.2) is 5.60 Å². The predicted molar refractivity (Wildman–Crippen MR) is 232 cm³/mol. The van der Waals surface area contributed by atoms with Crippen LogP contribution >= 0.6 is 0 Å². The van der Waals surface area contributed by atoms with E-state index in [1.165, 1.54) is 7.11 Å². The number of anilines is 3. The Balaban J connectivity index is 1.23. The molecule has 8 rings (SSSR count). The number of methoxy groups -OCH3 is 2. The van der Waals surface area contributed by atoms with Gasteiger partial charge >= 0.3 is 5.97 Å². The lowest BCUT2D eigenvalue weighted by Crippen LogP contribution is -2.52. The van der Waals surface area contributed by atoms with Crippen LogP contribution in [0, 0.1) is 5.92 Å². The van der Waals surface area contributed by atoms with Crippen LogP contribution < -0.4 is 19.7 Å². The third kappa shape index (κ3) is 7.11. The molecule has 60 heavy (non-hydrogen) atoms. The van der Waals surface area contributed by atoms with Crippen LogP contribution in [0.4, 0.5) is 17.1 Å². The largest absolute Gasteiger partial charge is 0.497 e. The number of unbranched alkanes of at least 4 members (excludes halogenated alkanes) is 1. The normalized spacial score (nSPS) is 23.4. The molecule has 3 amide bonds. The monoisotopic (exact) mass is 829 g/mol. The van der Waals surface area contributed by atoms with Gasteiger partial charge in [-0.3, -0.25) is 24.1 Å². The molecule has 1 saturated heterocycles. The lowest BCUT2D eigenvalue weighted by molar-refractivity contribution is -0.151. The van der Waals surface area contributed by atoms with Crippen molar-refractivity contribution in [1.29, 1.82) is 0 Å². The lowest BCUT2D eigenvalue weighted by atomic mass is 9.82. The smallest absolute Gasteiger partial charge is 0.305 e. The van der Waals surface area contributed by atoms with Crippen LogP contribution in [0.5, 0.6) is 5.75 Å². The van der Waals surface area contributed by atoms with Gasteiger partial charge in [-0.2, -0.15) is 0 Å². The topological polar surface area (TPSA) is 126 Å². The molecule has 1 fully saturated rings. The van der Waals surface area contributed by atoms with Crippen LogP contribution in [0.15, 0.2) is 91.0 Å². The highest BCUT2D eigenvalue weighted by molar-refractivity contribution is 6.91. The van der Waals surface area contributed by atoms with Crippen molar-refractivity contribution in [2.45, 2.75) is 94.8 Å². The van der Waals surface area contributed by atoms with Gasteiger partial charge in [-0.15, -0.1) is 0 Å². The number of carbonyl (C=O) groups excluding carboxylic acids is 4. The van der Waals surface area contributed by atoms with Crippen LogP contribution in [0.25, 0.3) is 0 Å². The molecule has 11 nitrogen and oxygen atoms in total. The van der Waals surface area contributed by atoms with Gasteiger partial charge in [-0.25, -0.2) is 0 Å². The summed E-state index contributed by atoms with van der Waals surface area (Å²) in [5, 5.41) is 11.7. The molecule has 4 aliphatic rings. The van der Waals surface area contributed by atoms with Gasteiger partial charge < -0.3 is 29.1 Å². The molecule has 0 unspecified atom stereocenters. The van der Waals surface area contributed by atoms with Crippen LogP contribution in [-0.2, 0) is 53.6 Å². The molecule has 0 saturated carbocycles. The number of ether oxygens (including phenoxy) is 3. The minimum Gasteiger partial charge on any atom is -0.497 e. The van der Waals surface area contributed by atoms with Crippen LogP contribution in [0.2, 0.25) is 18.6 Å². The van der Waals surface area contributed by atoms with Gasteiger partial charge in [0.2, 0.25) is 11.8 Å². The van der Waals surface area contributed by atoms with Gasteiger partial charge in [0.05, 0.1) is 58.8 Å². The number of carbonyl (C=O) groups is 4. The zero-order chi connectivity index (χ0) is 42.3. The highest BCUT2D eigenvalue weighted by atomic mass is 28.3. The van der Waals surface area contributed by atoms with E-state index in [0.717, 1.165) is 33.3 Å². The van der Waals surface area contributed by atoms with Gasteiger partial charge in [0, 0.05) is 43.1 Å². The van der Waals surface area contributed by atoms with Crippen molar-refractivity contribution in [3.8, 4) is 5.75 Å². The standard InChI is InChI=1S/C48H55N3O8Si/c1-31-46(60(4,5)38-21-19-37(57-2)20-22-38)42(28-44(54)50-29-34-14-7-6-13-33(34)26-36(50)30-52)59-48(31)39-27-35(51-40-15-9-8-12-32(40)17-24-43(51)53)18-23-41(39)49(47(48)56)25-11-10-16-45(55)58-3/h6-9,12-15,18-23,27,31,36,42,46,52H,10-11,16-17,24-26,28-30H2,1-5H3/t31-,36-,42+,46-,48+/m0/s1. The number of fused-ring (bicyclic) bond motifs is 4. The van der Waals surface area contributed by atoms with E-state index in [1.54, 1.807) is 21.8 Å². The number of rotatable bonds is 12. The molecule has 1 N–H and O–H groups in total. The summed E-state index contributed by atoms with van der Waals surface area (Å²) in [4.78, 5) is 61.4. The first-order valence-electron chi connectivity index (χ1n) is 21.2. The SMILES string of the molecule is COC(=O)CCCCN1C(=O)[C@]2(O[C@H](CC(=O)N3Cc4ccccc4C[C@H]3CO)[C@@H]([Si](C)(C)c3ccc(OC)cc3)[C@@H]2C)c2cc(N3C(=O)CCc4ccccc43)ccc21. The number of esters is 1. The van der Waals surface area contributed by atoms with E-state index < -0.39 is 19.8 Å². The fourth-order valence-electron chi connectivity index (χ4n) is 10.5. The van der Waals surface area contributed by atoms with Gasteiger partial charge in [-0.05, 0) is 84.3 Å². The molecule has 4 aromatic rings. The minimum atomic E-state index is -2.61. The molecule has 12 heteroatoms. The molecule has 314 valence electrons. The maximum Gasteiger partial charge on any atom is 0.305 e. The zero-order valence-corrected chi connectivity index (χ0v) is 36.2. The molecular weight excluding hydrogens is 775 g/mol. The van der Waals surface area contributed by atoms with Gasteiger partial charge in [0.25, 0.3) is 5.91 Å². The molecule has 4 aliphatic heterocycles. The summed E-state index contributed by atoms with van der Waals surface area (Å²) in [5.41, 5.74) is 4.44. The van der Waals surface area contributed by atoms with Crippen molar-refractivity contribution in [3.63, 3.8) is 0 Å². The molecular formula is C48H55N3O8Si. The Morgan fingerprint density at radius 3 is 2.32 bits per heavy atom. The Hall–Kier alpha value is -5.30. The van der Waals surface area contributed by atoms with E-state index >= 15 is 4.79 Å². The Morgan fingerprint density at radius 2 is 1.60 bits per heavy atom. The first-order valence-corrected chi connectivity index (χ1v) is 24.2. The van der Waals surface area contributed by atoms with E-state index in [4.69, 9.17) is 14.2 Å². The highest BCUT2D eigenvalue weighted by Crippen LogP contribution is 2.60. The number of aryl methyl sites for hydroxylation is 1. The van der Waals surface area contributed by atoms with Crippen molar-refractivity contribution < 1.29 is 38.5 Å². The van der Waals surface area contributed by atoms with E-state index in [1.807, 2.05) is 72.8 Å². The molecule has 0 aliphatic carbocycles. The number of nitrogens with zero attached hydrogens (tertiary/aromatic N) is 3. The van der Waals surface area contributed by atoms with Crippen LogP contribution in [-0.4, -0.2) is 81.3 Å². The third-order valence-electron chi connectivity index (χ3n) is 13.7. The summed E-state index contributed by atoms with van der Waals surface area (Å²) < 4.78 is 17.8. The summed E-state index contributed by atoms with van der Waals surface area (Å²) in [6.45, 7) is 7.23. The summed E-state index contributed by atoms with van der Waals surface area (Å²) in [5.74, 6) is -0.303. The van der Waals surface area contributed by atoms with Gasteiger partial charge in [0.1, 0.15) is 5.75 Å². The first-order chi connectivity index (χ1) is 28.9. The van der Waals surface area contributed by atoms with E-state index in [-0.39, 0.29) is 60.6 Å². The Morgan fingerprint density at radius 1 is 0.883 bits per heavy atom. The Labute approximate surface area is 353 Å². The van der Waals surface area contributed by atoms with E-state index in [2.05, 4.69) is 38.2 Å². The predicted octanol–water partition coefficient (Wildman–Crippen LogP) is 6.55. The number of hydrogen-bond acceptors (Lipinski definition) is 8. The zero-order valence-electron chi connectivity index (χ0n) is 35.2. The molecule has 4 aromatic carbocycles. The second-order valence-electron chi connectivity index (χ2n) is 17.2. The molecule has 4 heterocycles. The number of para-hydroxylation sites is 1. The molecule has 0 bridgehead atoms. The molecule has 5 atom stereocenters. The first kappa shape index (κ1) is 41.4. The number of hydrogen-bond donors (Lipinski definition) is 1. The van der Waals surface area contributed by atoms with Crippen molar-refractivity contribution in [2.24, 2.45) is 5.92 Å². The van der Waals surface area contributed by atoms with E-state index in [0.29, 0.717) is 62.1 Å². The van der Waals surface area contributed by atoms with Crippen molar-refractivity contribution in [3.05, 3.63) is 113 Å². The number of benzene rings is 4. The second-order valence-corrected chi connectivity index (χ2v) is 21.9. The third-order valence-corrected chi connectivity index (χ3v) is 18.0. The quantitative estimate of drug-likeness (QED) is 0.0970. The fraction of sp³-hybridized carbons (Fsp3) is 0.417. The lowest BCUT2D eigenvalue weighted by Gasteiger charge is -2.39. The summed E-state index contributed by atoms with van der Waals surface area (Å²) in [6.07, 6.45) is 2.28. The molecule has 0 aromatic heterocycles. The second kappa shape index (κ2) is 16.6. The summed E-state index contributed by atoms with van der Waals surface area (Å²) in [6, 6.07) is 29.5. The fourth-order valence-corrected chi connectivity index (χ4v) is 14.6. The van der Waals surface area contributed by atoms with E-state index in [9.17, 15) is 19.5 Å². The minimum absolute atomic E-state index is 0.0250. The maximum absolute atomic E-state index is 15.5. The number of amides is 3. The Kier molecular flexibility index (Phi) is 11.5. The van der Waals surface area contributed by atoms with Crippen LogP contribution in [0.3, 0.4) is 0 Å². The van der Waals surface area contributed by atoms with Crippen molar-refractivity contribution in [2.75, 3.05) is 37.2 Å². The summed E-state index contributed by atoms with van der Waals surface area (Å²) >= 11 is 0. The molecule has 1 spiro atoms. The average Bonchev–Trinajstić information content (AvgIpc) is 3.69. The maximum atomic E-state index is 15.5. The molecule has 0 radical (unpaired) electrons. The van der Waals surface area contributed by atoms with Crippen molar-refractivity contribution in [1.82, 2.24) is 4.90 Å². The average molecular weight is 830 g/mol. The van der Waals surface area contributed by atoms with Crippen molar-refractivity contribution >= 4 is 54.0 Å². The number of aliphatic hydroxyl groups excluding tert-OH is 1. The number of aliphatic hydroxyl groups is 1.